The highest BCUT2D eigenvalue weighted by Gasteiger charge is 2.21. The highest BCUT2D eigenvalue weighted by molar-refractivity contribution is 6.32. The third kappa shape index (κ3) is 22.6. The van der Waals surface area contributed by atoms with Crippen LogP contribution in [0.1, 0.15) is 18.4 Å². The maximum Gasteiger partial charge on any atom is 0.387 e. The molecule has 9 aromatic rings. The Morgan fingerprint density at radius 1 is 0.481 bits per heavy atom. The molecule has 3 amide bonds. The lowest BCUT2D eigenvalue weighted by Gasteiger charge is -2.29. The first-order valence-electron chi connectivity index (χ1n) is 33.4. The van der Waals surface area contributed by atoms with Crippen molar-refractivity contribution in [2.45, 2.75) is 26.4 Å². The normalized spacial score (nSPS) is 13.4. The predicted octanol–water partition coefficient (Wildman–Crippen LogP) is 14.9. The molecule has 0 radical (unpaired) electrons. The molecule has 3 aliphatic heterocycles. The van der Waals surface area contributed by atoms with E-state index in [1.807, 2.05) is 60.4 Å². The number of nitrogens with zero attached hydrogens (tertiary/aromatic N) is 9. The summed E-state index contributed by atoms with van der Waals surface area (Å²) in [7, 11) is 3.27. The Labute approximate surface area is 620 Å². The molecule has 0 aliphatic carbocycles. The number of ether oxygens (including phenoxy) is 8. The molecule has 12 rings (SSSR count). The van der Waals surface area contributed by atoms with Crippen LogP contribution < -0.4 is 75.6 Å². The van der Waals surface area contributed by atoms with Gasteiger partial charge in [-0.25, -0.2) is 15.0 Å². The van der Waals surface area contributed by atoms with Crippen molar-refractivity contribution >= 4 is 121 Å². The van der Waals surface area contributed by atoms with Crippen LogP contribution in [0.15, 0.2) is 184 Å². The molecule has 3 aromatic heterocycles. The Bertz CT molecular complexity index is 4340. The van der Waals surface area contributed by atoms with Crippen LogP contribution >= 0.6 is 23.2 Å². The van der Waals surface area contributed by atoms with Crippen LogP contribution in [-0.2, 0) is 28.6 Å². The van der Waals surface area contributed by atoms with Crippen LogP contribution in [0.5, 0.6) is 40.5 Å². The number of methoxy groups -OCH3 is 2. The van der Waals surface area contributed by atoms with E-state index in [4.69, 9.17) is 61.1 Å². The van der Waals surface area contributed by atoms with Crippen molar-refractivity contribution in [1.29, 1.82) is 0 Å². The molecule has 106 heavy (non-hydrogen) atoms. The lowest BCUT2D eigenvalue weighted by molar-refractivity contribution is -0.112. The molecular formula is C75H78Cl2F2N16O11. The summed E-state index contributed by atoms with van der Waals surface area (Å²) < 4.78 is 70.3. The van der Waals surface area contributed by atoms with E-state index in [-0.39, 0.29) is 62.9 Å². The molecule has 0 spiro atoms. The Morgan fingerprint density at radius 2 is 0.868 bits per heavy atom. The third-order valence-electron chi connectivity index (χ3n) is 15.8. The lowest BCUT2D eigenvalue weighted by atomic mass is 10.2. The monoisotopic (exact) mass is 1490 g/mol. The van der Waals surface area contributed by atoms with Crippen LogP contribution in [0.3, 0.4) is 0 Å². The van der Waals surface area contributed by atoms with Gasteiger partial charge in [0.2, 0.25) is 47.3 Å². The first kappa shape index (κ1) is 76.7. The Hall–Kier alpha value is -11.9. The molecule has 0 unspecified atom stereocenters. The minimum absolute atomic E-state index is 0.0163. The number of nitrogens with one attached hydrogen (secondary N) is 7. The standard InChI is InChI=1S/C26H30N6O3.C25H26ClN5O4.C24H22ClF2N5O4/c1-4-24(33)28-19-7-5-8-20(15-19)29-25-18(2)17-27-26(31-25)30-22-10-9-21(16-23(22)34-3)32-11-6-13-35-14-12-32;1-3-23(32)28-17-6-4-7-19(14-17)35-24-20(26)16-27-25(30-24)29-21-9-8-18(15-22(21)33-2)31-10-5-12-34-13-11-31;1-2-21(33)29-15-4-3-5-17(12-15)35-22-18(25)14-28-24(31-22)30-19-7-6-16(13-20(19)36-23(26)27)32-8-10-34-11-9-32/h4-5,7-10,15-17H,1,6,11-14H2,2-3H3,(H,28,33)(H2,27,29,30,31);3-4,6-9,14-16H,1,5,10-13H2,2H3,(H,28,32)(H,27,29,30);2-7,12-14,23H,1,8-11H2,(H,29,33)(H,28,30,31). The van der Waals surface area contributed by atoms with Crippen LogP contribution in [0, 0.1) is 6.92 Å². The summed E-state index contributed by atoms with van der Waals surface area (Å²) >= 11 is 12.5. The average molecular weight is 1490 g/mol. The zero-order chi connectivity index (χ0) is 74.7. The molecular weight excluding hydrogens is 1410 g/mol. The summed E-state index contributed by atoms with van der Waals surface area (Å²) in [5.41, 5.74) is 7.92. The number of hydrogen-bond donors (Lipinski definition) is 7. The van der Waals surface area contributed by atoms with Gasteiger partial charge in [-0.1, -0.05) is 61.1 Å². The molecule has 31 heteroatoms. The van der Waals surface area contributed by atoms with Crippen molar-refractivity contribution < 1.29 is 61.1 Å². The summed E-state index contributed by atoms with van der Waals surface area (Å²) in [6, 6.07) is 37.7. The number of hydrogen-bond acceptors (Lipinski definition) is 24. The van der Waals surface area contributed by atoms with Gasteiger partial charge in [0.05, 0.1) is 70.1 Å². The SMILES string of the molecule is C=CC(=O)Nc1cccc(Nc2nc(Nc3ccc(N4CCCOCC4)cc3OC)ncc2C)c1.C=CC(=O)Nc1cccc(Oc2nc(Nc3ccc(N4CCCOCC4)cc3OC)ncc2Cl)c1.C=CC(=O)Nc1cccc(Oc2nc(Nc3ccc(N4CCOCC4)cc3OC(F)F)ncc2Cl)c1. The molecule has 6 heterocycles. The number of morpholine rings is 1. The Morgan fingerprint density at radius 3 is 1.31 bits per heavy atom. The van der Waals surface area contributed by atoms with Gasteiger partial charge in [0, 0.05) is 134 Å². The number of benzene rings is 6. The second kappa shape index (κ2) is 38.6. The zero-order valence-corrected chi connectivity index (χ0v) is 59.7. The average Bonchev–Trinajstić information content (AvgIpc) is 0.934. The molecule has 0 bridgehead atoms. The number of halogens is 4. The molecule has 0 atom stereocenters. The fraction of sp³-hybridized carbons (Fsp3) is 0.240. The second-order valence-corrected chi connectivity index (χ2v) is 24.0. The smallest absolute Gasteiger partial charge is 0.387 e. The van der Waals surface area contributed by atoms with E-state index in [0.29, 0.717) is 90.4 Å². The van der Waals surface area contributed by atoms with Crippen molar-refractivity contribution in [3.8, 4) is 40.5 Å². The summed E-state index contributed by atoms with van der Waals surface area (Å²) in [5, 5.41) is 21.0. The van der Waals surface area contributed by atoms with E-state index in [9.17, 15) is 23.2 Å². The molecule has 3 saturated heterocycles. The number of amides is 3. The number of aryl methyl sites for hydroxylation is 1. The van der Waals surface area contributed by atoms with Crippen LogP contribution in [0.2, 0.25) is 10.0 Å². The summed E-state index contributed by atoms with van der Waals surface area (Å²) in [4.78, 5) is 67.4. The van der Waals surface area contributed by atoms with Gasteiger partial charge in [-0.3, -0.25) is 14.4 Å². The zero-order valence-electron chi connectivity index (χ0n) is 58.2. The van der Waals surface area contributed by atoms with Crippen molar-refractivity contribution in [3.63, 3.8) is 0 Å². The van der Waals surface area contributed by atoms with E-state index in [2.05, 4.69) is 103 Å². The quantitative estimate of drug-likeness (QED) is 0.0262. The number of alkyl halides is 2. The summed E-state index contributed by atoms with van der Waals surface area (Å²) in [6.07, 6.45) is 10.1. The maximum absolute atomic E-state index is 13.1. The van der Waals surface area contributed by atoms with Crippen molar-refractivity contribution in [3.05, 3.63) is 200 Å². The molecule has 3 aliphatic rings. The summed E-state index contributed by atoms with van der Waals surface area (Å²) in [5.74, 6) is 2.71. The maximum atomic E-state index is 13.1. The number of rotatable bonds is 25. The van der Waals surface area contributed by atoms with Gasteiger partial charge >= 0.3 is 6.61 Å². The second-order valence-electron chi connectivity index (χ2n) is 23.2. The fourth-order valence-electron chi connectivity index (χ4n) is 10.6. The minimum Gasteiger partial charge on any atom is -0.494 e. The molecule has 0 saturated carbocycles. The van der Waals surface area contributed by atoms with E-state index in [0.717, 1.165) is 98.9 Å². The molecule has 552 valence electrons. The Kier molecular flexibility index (Phi) is 27.9. The predicted molar refractivity (Wildman–Crippen MR) is 407 cm³/mol. The van der Waals surface area contributed by atoms with Gasteiger partial charge in [-0.15, -0.1) is 0 Å². The van der Waals surface area contributed by atoms with Gasteiger partial charge < -0.3 is 89.8 Å². The third-order valence-corrected chi connectivity index (χ3v) is 16.3. The minimum atomic E-state index is -3.02. The fourth-order valence-corrected chi connectivity index (χ4v) is 10.9. The molecule has 7 N–H and O–H groups in total. The van der Waals surface area contributed by atoms with Gasteiger partial charge in [-0.2, -0.15) is 23.7 Å². The summed E-state index contributed by atoms with van der Waals surface area (Å²) in [6.45, 7) is 18.2. The highest BCUT2D eigenvalue weighted by Crippen LogP contribution is 2.38. The van der Waals surface area contributed by atoms with E-state index in [1.165, 1.54) is 30.6 Å². The number of aromatic nitrogens is 6. The first-order chi connectivity index (χ1) is 51.5. The number of carbonyl (C=O) groups excluding carboxylic acids is 3. The topological polar surface area (TPSA) is 296 Å². The van der Waals surface area contributed by atoms with Gasteiger partial charge in [-0.05, 0) is 117 Å². The van der Waals surface area contributed by atoms with Gasteiger partial charge in [0.15, 0.2) is 5.75 Å². The highest BCUT2D eigenvalue weighted by atomic mass is 35.5. The Balaban J connectivity index is 0.000000170. The lowest BCUT2D eigenvalue weighted by Crippen LogP contribution is -2.36. The van der Waals surface area contributed by atoms with E-state index < -0.39 is 6.61 Å². The first-order valence-corrected chi connectivity index (χ1v) is 34.1. The van der Waals surface area contributed by atoms with Crippen molar-refractivity contribution in [1.82, 2.24) is 29.9 Å². The molecule has 27 nitrogen and oxygen atoms in total. The van der Waals surface area contributed by atoms with E-state index in [1.54, 1.807) is 87.1 Å². The van der Waals surface area contributed by atoms with Crippen LogP contribution in [0.4, 0.5) is 89.3 Å². The number of anilines is 14. The van der Waals surface area contributed by atoms with Crippen LogP contribution in [-0.4, -0.2) is 147 Å². The molecule has 3 fully saturated rings. The van der Waals surface area contributed by atoms with E-state index >= 15 is 0 Å². The van der Waals surface area contributed by atoms with Crippen LogP contribution in [0.25, 0.3) is 0 Å². The molecule has 6 aromatic carbocycles. The van der Waals surface area contributed by atoms with Gasteiger partial charge in [0.1, 0.15) is 38.9 Å². The van der Waals surface area contributed by atoms with Gasteiger partial charge in [0.25, 0.3) is 0 Å². The number of carbonyl (C=O) groups is 3. The largest absolute Gasteiger partial charge is 0.494 e. The van der Waals surface area contributed by atoms with Crippen molar-refractivity contribution in [2.75, 3.05) is 145 Å². The van der Waals surface area contributed by atoms with Crippen molar-refractivity contribution in [2.24, 2.45) is 0 Å².